The zero-order valence-corrected chi connectivity index (χ0v) is 11.5. The zero-order chi connectivity index (χ0) is 12.9. The summed E-state index contributed by atoms with van der Waals surface area (Å²) in [6, 6.07) is 0. The van der Waals surface area contributed by atoms with E-state index in [1.165, 1.54) is 38.5 Å². The predicted octanol–water partition coefficient (Wildman–Crippen LogP) is 3.14. The number of rotatable bonds is 6. The number of carboxylic acids is 1. The van der Waals surface area contributed by atoms with Crippen molar-refractivity contribution in [2.45, 2.75) is 64.3 Å². The SMILES string of the molecule is CN(CCC1CCCCC1)C(C)(C)CC(=O)O. The van der Waals surface area contributed by atoms with E-state index in [4.69, 9.17) is 5.11 Å². The van der Waals surface area contributed by atoms with Gasteiger partial charge in [0.15, 0.2) is 0 Å². The predicted molar refractivity (Wildman–Crippen MR) is 70.2 cm³/mol. The molecule has 1 fully saturated rings. The Morgan fingerprint density at radius 3 is 2.41 bits per heavy atom. The summed E-state index contributed by atoms with van der Waals surface area (Å²) in [5, 5.41) is 8.89. The van der Waals surface area contributed by atoms with Crippen molar-refractivity contribution in [1.82, 2.24) is 4.90 Å². The third-order valence-electron chi connectivity index (χ3n) is 4.21. The maximum Gasteiger partial charge on any atom is 0.305 e. The van der Waals surface area contributed by atoms with Gasteiger partial charge in [-0.2, -0.15) is 0 Å². The van der Waals surface area contributed by atoms with Crippen LogP contribution >= 0.6 is 0 Å². The number of carboxylic acid groups (broad SMARTS) is 1. The Labute approximate surface area is 105 Å². The fourth-order valence-corrected chi connectivity index (χ4v) is 2.66. The van der Waals surface area contributed by atoms with Crippen molar-refractivity contribution in [2.24, 2.45) is 5.92 Å². The Morgan fingerprint density at radius 2 is 1.88 bits per heavy atom. The molecule has 0 heterocycles. The molecular formula is C14H27NO2. The normalized spacial score (nSPS) is 18.6. The first-order chi connectivity index (χ1) is 7.92. The fraction of sp³-hybridized carbons (Fsp3) is 0.929. The molecule has 3 nitrogen and oxygen atoms in total. The molecule has 17 heavy (non-hydrogen) atoms. The van der Waals surface area contributed by atoms with Gasteiger partial charge < -0.3 is 10.0 Å². The Hall–Kier alpha value is -0.570. The van der Waals surface area contributed by atoms with Gasteiger partial charge in [-0.25, -0.2) is 0 Å². The van der Waals surface area contributed by atoms with Gasteiger partial charge in [0.05, 0.1) is 6.42 Å². The van der Waals surface area contributed by atoms with Crippen LogP contribution in [0.15, 0.2) is 0 Å². The van der Waals surface area contributed by atoms with Crippen LogP contribution in [-0.4, -0.2) is 35.1 Å². The lowest BCUT2D eigenvalue weighted by molar-refractivity contribution is -0.139. The summed E-state index contributed by atoms with van der Waals surface area (Å²) in [4.78, 5) is 13.0. The Morgan fingerprint density at radius 1 is 1.29 bits per heavy atom. The molecular weight excluding hydrogens is 214 g/mol. The maximum absolute atomic E-state index is 10.8. The van der Waals surface area contributed by atoms with Crippen LogP contribution in [-0.2, 0) is 4.79 Å². The van der Waals surface area contributed by atoms with Crippen LogP contribution in [0.1, 0.15) is 58.8 Å². The zero-order valence-electron chi connectivity index (χ0n) is 11.5. The van der Waals surface area contributed by atoms with Crippen molar-refractivity contribution < 1.29 is 9.90 Å². The van der Waals surface area contributed by atoms with Crippen LogP contribution in [0.2, 0.25) is 0 Å². The fourth-order valence-electron chi connectivity index (χ4n) is 2.66. The number of aliphatic carboxylic acids is 1. The Balaban J connectivity index is 2.31. The van der Waals surface area contributed by atoms with Crippen LogP contribution in [0.25, 0.3) is 0 Å². The summed E-state index contributed by atoms with van der Waals surface area (Å²) in [5.74, 6) is 0.159. The summed E-state index contributed by atoms with van der Waals surface area (Å²) in [6.07, 6.45) is 8.34. The number of hydrogen-bond acceptors (Lipinski definition) is 2. The molecule has 0 radical (unpaired) electrons. The van der Waals surface area contributed by atoms with Crippen LogP contribution in [0.5, 0.6) is 0 Å². The molecule has 0 spiro atoms. The molecule has 0 bridgehead atoms. The van der Waals surface area contributed by atoms with Crippen molar-refractivity contribution in [1.29, 1.82) is 0 Å². The first kappa shape index (κ1) is 14.5. The molecule has 0 amide bonds. The summed E-state index contributed by atoms with van der Waals surface area (Å²) >= 11 is 0. The molecule has 0 aromatic carbocycles. The van der Waals surface area contributed by atoms with E-state index in [-0.39, 0.29) is 12.0 Å². The number of hydrogen-bond donors (Lipinski definition) is 1. The van der Waals surface area contributed by atoms with E-state index >= 15 is 0 Å². The van der Waals surface area contributed by atoms with Gasteiger partial charge in [0.2, 0.25) is 0 Å². The Bertz CT molecular complexity index is 245. The smallest absolute Gasteiger partial charge is 0.305 e. The highest BCUT2D eigenvalue weighted by Crippen LogP contribution is 2.27. The summed E-state index contributed by atoms with van der Waals surface area (Å²) in [7, 11) is 2.05. The van der Waals surface area contributed by atoms with E-state index < -0.39 is 5.97 Å². The second-order valence-electron chi connectivity index (χ2n) is 6.10. The van der Waals surface area contributed by atoms with E-state index in [2.05, 4.69) is 4.90 Å². The van der Waals surface area contributed by atoms with E-state index in [0.717, 1.165) is 12.5 Å². The minimum atomic E-state index is -0.709. The molecule has 0 aromatic heterocycles. The maximum atomic E-state index is 10.8. The quantitative estimate of drug-likeness (QED) is 0.776. The lowest BCUT2D eigenvalue weighted by atomic mass is 9.86. The van der Waals surface area contributed by atoms with Gasteiger partial charge in [-0.1, -0.05) is 32.1 Å². The first-order valence-electron chi connectivity index (χ1n) is 6.85. The van der Waals surface area contributed by atoms with Crippen LogP contribution in [0.4, 0.5) is 0 Å². The van der Waals surface area contributed by atoms with Gasteiger partial charge in [0, 0.05) is 5.54 Å². The van der Waals surface area contributed by atoms with Gasteiger partial charge >= 0.3 is 5.97 Å². The molecule has 0 unspecified atom stereocenters. The second kappa shape index (κ2) is 6.39. The van der Waals surface area contributed by atoms with Crippen molar-refractivity contribution in [3.63, 3.8) is 0 Å². The Kier molecular flexibility index (Phi) is 5.44. The molecule has 3 heteroatoms. The largest absolute Gasteiger partial charge is 0.481 e. The molecule has 1 aliphatic rings. The first-order valence-corrected chi connectivity index (χ1v) is 6.85. The third-order valence-corrected chi connectivity index (χ3v) is 4.21. The third kappa shape index (κ3) is 5.07. The van der Waals surface area contributed by atoms with Gasteiger partial charge in [-0.3, -0.25) is 4.79 Å². The summed E-state index contributed by atoms with van der Waals surface area (Å²) < 4.78 is 0. The molecule has 0 saturated heterocycles. The average molecular weight is 241 g/mol. The van der Waals surface area contributed by atoms with Crippen molar-refractivity contribution >= 4 is 5.97 Å². The number of carbonyl (C=O) groups is 1. The molecule has 0 aliphatic heterocycles. The monoisotopic (exact) mass is 241 g/mol. The highest BCUT2D eigenvalue weighted by molar-refractivity contribution is 5.68. The topological polar surface area (TPSA) is 40.5 Å². The van der Waals surface area contributed by atoms with E-state index in [0.29, 0.717) is 0 Å². The van der Waals surface area contributed by atoms with Crippen molar-refractivity contribution in [3.05, 3.63) is 0 Å². The van der Waals surface area contributed by atoms with E-state index in [1.807, 2.05) is 20.9 Å². The minimum absolute atomic E-state index is 0.216. The molecule has 1 aliphatic carbocycles. The van der Waals surface area contributed by atoms with Gasteiger partial charge in [0.25, 0.3) is 0 Å². The lowest BCUT2D eigenvalue weighted by Crippen LogP contribution is -2.43. The summed E-state index contributed by atoms with van der Waals surface area (Å²) in [5.41, 5.74) is -0.236. The van der Waals surface area contributed by atoms with Crippen LogP contribution in [0.3, 0.4) is 0 Å². The van der Waals surface area contributed by atoms with Crippen molar-refractivity contribution in [3.8, 4) is 0 Å². The standard InChI is InChI=1S/C14H27NO2/c1-14(2,11-13(16)17)15(3)10-9-12-7-5-4-6-8-12/h12H,4-11H2,1-3H3,(H,16,17). The molecule has 0 atom stereocenters. The number of nitrogens with zero attached hydrogens (tertiary/aromatic N) is 1. The molecule has 0 aromatic rings. The van der Waals surface area contributed by atoms with E-state index in [1.54, 1.807) is 0 Å². The molecule has 100 valence electrons. The van der Waals surface area contributed by atoms with E-state index in [9.17, 15) is 4.79 Å². The highest BCUT2D eigenvalue weighted by atomic mass is 16.4. The van der Waals surface area contributed by atoms with Gasteiger partial charge in [-0.05, 0) is 39.8 Å². The molecule has 1 rings (SSSR count). The van der Waals surface area contributed by atoms with Crippen molar-refractivity contribution in [2.75, 3.05) is 13.6 Å². The average Bonchev–Trinajstić information content (AvgIpc) is 2.25. The lowest BCUT2D eigenvalue weighted by Gasteiger charge is -2.35. The van der Waals surface area contributed by atoms with Crippen LogP contribution < -0.4 is 0 Å². The highest BCUT2D eigenvalue weighted by Gasteiger charge is 2.27. The summed E-state index contributed by atoms with van der Waals surface area (Å²) in [6.45, 7) is 5.05. The molecule has 1 N–H and O–H groups in total. The molecule has 1 saturated carbocycles. The second-order valence-corrected chi connectivity index (χ2v) is 6.10. The van der Waals surface area contributed by atoms with Gasteiger partial charge in [-0.15, -0.1) is 0 Å². The van der Waals surface area contributed by atoms with Gasteiger partial charge in [0.1, 0.15) is 0 Å². The van der Waals surface area contributed by atoms with Crippen LogP contribution in [0, 0.1) is 5.92 Å². The minimum Gasteiger partial charge on any atom is -0.481 e.